The number of fused-ring (bicyclic) bond motifs is 1. The molecule has 0 atom stereocenters. The molecule has 0 unspecified atom stereocenters. The largest absolute Gasteiger partial charge is 0.396 e. The van der Waals surface area contributed by atoms with Crippen LogP contribution in [0.25, 0.3) is 22.2 Å². The van der Waals surface area contributed by atoms with Gasteiger partial charge in [-0.2, -0.15) is 0 Å². The molecule has 134 valence electrons. The first-order valence-corrected chi connectivity index (χ1v) is 9.28. The Morgan fingerprint density at radius 3 is 2.46 bits per heavy atom. The molecule has 4 rings (SSSR count). The van der Waals surface area contributed by atoms with E-state index in [0.717, 1.165) is 42.9 Å². The number of aliphatic hydroxyl groups is 1. The van der Waals surface area contributed by atoms with Gasteiger partial charge < -0.3 is 10.0 Å². The summed E-state index contributed by atoms with van der Waals surface area (Å²) in [4.78, 5) is 11.5. The number of nitrogens with zero attached hydrogens (tertiary/aromatic N) is 3. The van der Waals surface area contributed by atoms with Crippen LogP contribution in [0.5, 0.6) is 0 Å². The van der Waals surface area contributed by atoms with Crippen LogP contribution in [0, 0.1) is 5.41 Å². The molecule has 1 N–H and O–H groups in total. The molecule has 2 aromatic carbocycles. The number of hydrogen-bond acceptors (Lipinski definition) is 4. The Labute approximate surface area is 154 Å². The van der Waals surface area contributed by atoms with Crippen LogP contribution in [-0.4, -0.2) is 40.2 Å². The van der Waals surface area contributed by atoms with Crippen LogP contribution in [0.2, 0.25) is 0 Å². The smallest absolute Gasteiger partial charge is 0.159 e. The highest BCUT2D eigenvalue weighted by atomic mass is 16.3. The number of hydrogen-bond donors (Lipinski definition) is 1. The van der Waals surface area contributed by atoms with Crippen molar-refractivity contribution in [3.05, 3.63) is 60.4 Å². The van der Waals surface area contributed by atoms with Gasteiger partial charge in [-0.05, 0) is 30.7 Å². The second-order valence-electron chi connectivity index (χ2n) is 7.63. The van der Waals surface area contributed by atoms with E-state index < -0.39 is 0 Å². The summed E-state index contributed by atoms with van der Waals surface area (Å²) in [5, 5.41) is 12.0. The van der Waals surface area contributed by atoms with Crippen molar-refractivity contribution in [1.82, 2.24) is 14.9 Å². The van der Waals surface area contributed by atoms with Crippen molar-refractivity contribution in [3.63, 3.8) is 0 Å². The monoisotopic (exact) mass is 347 g/mol. The van der Waals surface area contributed by atoms with E-state index in [1.165, 1.54) is 17.2 Å². The van der Waals surface area contributed by atoms with E-state index in [1.54, 1.807) is 0 Å². The standard InChI is InChI=1S/C22H25N3O/c1-25(15-22(16-26)10-5-11-22)14-17-12-23-21(24-13-17)20-9-4-7-18-6-2-3-8-19(18)20/h2-4,6-9,12-13,26H,5,10-11,14-16H2,1H3. The second-order valence-corrected chi connectivity index (χ2v) is 7.63. The van der Waals surface area contributed by atoms with Crippen molar-refractivity contribution in [2.75, 3.05) is 20.2 Å². The minimum atomic E-state index is 0.110. The van der Waals surface area contributed by atoms with Gasteiger partial charge in [0.15, 0.2) is 5.82 Å². The number of aliphatic hydroxyl groups excluding tert-OH is 1. The number of aromatic nitrogens is 2. The Morgan fingerprint density at radius 2 is 1.77 bits per heavy atom. The third-order valence-corrected chi connectivity index (χ3v) is 5.54. The lowest BCUT2D eigenvalue weighted by atomic mass is 9.69. The van der Waals surface area contributed by atoms with Gasteiger partial charge in [-0.1, -0.05) is 48.9 Å². The number of benzene rings is 2. The van der Waals surface area contributed by atoms with Crippen LogP contribution >= 0.6 is 0 Å². The van der Waals surface area contributed by atoms with Crippen molar-refractivity contribution in [1.29, 1.82) is 0 Å². The molecule has 1 saturated carbocycles. The van der Waals surface area contributed by atoms with Crippen LogP contribution in [0.4, 0.5) is 0 Å². The van der Waals surface area contributed by atoms with Gasteiger partial charge in [0.05, 0.1) is 0 Å². The molecule has 1 aliphatic carbocycles. The number of rotatable bonds is 6. The van der Waals surface area contributed by atoms with Crippen molar-refractivity contribution in [2.24, 2.45) is 5.41 Å². The third kappa shape index (κ3) is 3.35. The van der Waals surface area contributed by atoms with E-state index in [2.05, 4.69) is 52.2 Å². The van der Waals surface area contributed by atoms with Crippen LogP contribution in [0.1, 0.15) is 24.8 Å². The predicted octanol–water partition coefficient (Wildman–Crippen LogP) is 3.89. The lowest BCUT2D eigenvalue weighted by Gasteiger charge is -2.43. The molecule has 26 heavy (non-hydrogen) atoms. The van der Waals surface area contributed by atoms with Crippen LogP contribution in [0.3, 0.4) is 0 Å². The third-order valence-electron chi connectivity index (χ3n) is 5.54. The van der Waals surface area contributed by atoms with Gasteiger partial charge in [-0.3, -0.25) is 0 Å². The van der Waals surface area contributed by atoms with Gasteiger partial charge in [-0.25, -0.2) is 9.97 Å². The van der Waals surface area contributed by atoms with E-state index >= 15 is 0 Å². The van der Waals surface area contributed by atoms with E-state index in [0.29, 0.717) is 0 Å². The van der Waals surface area contributed by atoms with Gasteiger partial charge in [0.2, 0.25) is 0 Å². The average molecular weight is 347 g/mol. The molecule has 0 saturated heterocycles. The second kappa shape index (κ2) is 7.14. The first-order valence-electron chi connectivity index (χ1n) is 9.28. The molecule has 0 bridgehead atoms. The topological polar surface area (TPSA) is 49.2 Å². The average Bonchev–Trinajstić information content (AvgIpc) is 2.65. The van der Waals surface area contributed by atoms with Gasteiger partial charge >= 0.3 is 0 Å². The van der Waals surface area contributed by atoms with Crippen molar-refractivity contribution >= 4 is 10.8 Å². The zero-order valence-corrected chi connectivity index (χ0v) is 15.2. The maximum atomic E-state index is 9.65. The maximum absolute atomic E-state index is 9.65. The molecule has 1 aromatic heterocycles. The fourth-order valence-corrected chi connectivity index (χ4v) is 3.98. The summed E-state index contributed by atoms with van der Waals surface area (Å²) in [5.41, 5.74) is 2.28. The summed E-state index contributed by atoms with van der Waals surface area (Å²) in [6.07, 6.45) is 7.34. The first-order chi connectivity index (χ1) is 12.7. The van der Waals surface area contributed by atoms with Crippen LogP contribution in [-0.2, 0) is 6.54 Å². The van der Waals surface area contributed by atoms with E-state index in [9.17, 15) is 5.11 Å². The summed E-state index contributed by atoms with van der Waals surface area (Å²) < 4.78 is 0. The fourth-order valence-electron chi connectivity index (χ4n) is 3.98. The maximum Gasteiger partial charge on any atom is 0.159 e. The SMILES string of the molecule is CN(Cc1cnc(-c2cccc3ccccc23)nc1)CC1(CO)CCC1. The summed E-state index contributed by atoms with van der Waals surface area (Å²) in [6.45, 7) is 2.01. The predicted molar refractivity (Wildman–Crippen MR) is 105 cm³/mol. The van der Waals surface area contributed by atoms with Gasteiger partial charge in [0.1, 0.15) is 0 Å². The molecule has 4 heteroatoms. The Balaban J connectivity index is 1.50. The summed E-state index contributed by atoms with van der Waals surface area (Å²) in [7, 11) is 2.11. The van der Waals surface area contributed by atoms with Gasteiger partial charge in [-0.15, -0.1) is 0 Å². The summed E-state index contributed by atoms with van der Waals surface area (Å²) in [5.74, 6) is 0.763. The van der Waals surface area contributed by atoms with Crippen molar-refractivity contribution in [2.45, 2.75) is 25.8 Å². The van der Waals surface area contributed by atoms with Crippen molar-refractivity contribution < 1.29 is 5.11 Å². The molecule has 1 heterocycles. The molecular formula is C22H25N3O. The summed E-state index contributed by atoms with van der Waals surface area (Å²) in [6, 6.07) is 14.6. The van der Waals surface area contributed by atoms with Gasteiger partial charge in [0.25, 0.3) is 0 Å². The molecular weight excluding hydrogens is 322 g/mol. The highest BCUT2D eigenvalue weighted by Gasteiger charge is 2.37. The van der Waals surface area contributed by atoms with Crippen LogP contribution in [0.15, 0.2) is 54.9 Å². The Bertz CT molecular complexity index is 877. The zero-order valence-electron chi connectivity index (χ0n) is 15.2. The molecule has 0 aliphatic heterocycles. The first kappa shape index (κ1) is 17.1. The molecule has 0 spiro atoms. The van der Waals surface area contributed by atoms with E-state index in [4.69, 9.17) is 0 Å². The summed E-state index contributed by atoms with van der Waals surface area (Å²) >= 11 is 0. The fraction of sp³-hybridized carbons (Fsp3) is 0.364. The Hall–Kier alpha value is -2.30. The van der Waals surface area contributed by atoms with E-state index in [-0.39, 0.29) is 12.0 Å². The molecule has 1 fully saturated rings. The highest BCUT2D eigenvalue weighted by Crippen LogP contribution is 2.41. The minimum Gasteiger partial charge on any atom is -0.396 e. The van der Waals surface area contributed by atoms with E-state index in [1.807, 2.05) is 24.5 Å². The molecule has 0 radical (unpaired) electrons. The van der Waals surface area contributed by atoms with Crippen LogP contribution < -0.4 is 0 Å². The Kier molecular flexibility index (Phi) is 4.70. The lowest BCUT2D eigenvalue weighted by molar-refractivity contribution is 0.0127. The minimum absolute atomic E-state index is 0.110. The zero-order chi connectivity index (χ0) is 18.0. The highest BCUT2D eigenvalue weighted by molar-refractivity contribution is 5.94. The molecule has 3 aromatic rings. The molecule has 4 nitrogen and oxygen atoms in total. The Morgan fingerprint density at radius 1 is 1.04 bits per heavy atom. The molecule has 1 aliphatic rings. The quantitative estimate of drug-likeness (QED) is 0.735. The van der Waals surface area contributed by atoms with Crippen molar-refractivity contribution in [3.8, 4) is 11.4 Å². The normalized spacial score (nSPS) is 16.0. The lowest BCUT2D eigenvalue weighted by Crippen LogP contribution is -2.43. The van der Waals surface area contributed by atoms with Gasteiger partial charge in [0, 0.05) is 48.6 Å². The molecule has 0 amide bonds.